The van der Waals surface area contributed by atoms with Crippen LogP contribution in [-0.2, 0) is 6.42 Å². The summed E-state index contributed by atoms with van der Waals surface area (Å²) in [5.41, 5.74) is 7.28. The molecule has 0 saturated carbocycles. The summed E-state index contributed by atoms with van der Waals surface area (Å²) in [5.74, 6) is 1.63. The van der Waals surface area contributed by atoms with Crippen LogP contribution in [0.15, 0.2) is 18.2 Å². The van der Waals surface area contributed by atoms with Gasteiger partial charge in [-0.3, -0.25) is 0 Å². The Morgan fingerprint density at radius 3 is 2.33 bits per heavy atom. The molecule has 0 aromatic heterocycles. The maximum absolute atomic E-state index is 6.06. The SMILES string of the molecule is CCCC(N)Cc1ccc(OCC)c(OCC)c1. The maximum atomic E-state index is 6.06. The lowest BCUT2D eigenvalue weighted by atomic mass is 10.0. The summed E-state index contributed by atoms with van der Waals surface area (Å²) in [4.78, 5) is 0. The van der Waals surface area contributed by atoms with Crippen LogP contribution >= 0.6 is 0 Å². The lowest BCUT2D eigenvalue weighted by Crippen LogP contribution is -2.22. The predicted octanol–water partition coefficient (Wildman–Crippen LogP) is 3.15. The molecule has 2 N–H and O–H groups in total. The van der Waals surface area contributed by atoms with Crippen LogP contribution in [0.4, 0.5) is 0 Å². The quantitative estimate of drug-likeness (QED) is 0.772. The molecular weight excluding hydrogens is 226 g/mol. The molecule has 0 aliphatic rings. The van der Waals surface area contributed by atoms with Gasteiger partial charge in [-0.15, -0.1) is 0 Å². The van der Waals surface area contributed by atoms with E-state index in [-0.39, 0.29) is 6.04 Å². The van der Waals surface area contributed by atoms with Gasteiger partial charge in [0.25, 0.3) is 0 Å². The maximum Gasteiger partial charge on any atom is 0.161 e. The molecule has 0 aliphatic carbocycles. The van der Waals surface area contributed by atoms with Gasteiger partial charge >= 0.3 is 0 Å². The first-order valence-electron chi connectivity index (χ1n) is 6.85. The van der Waals surface area contributed by atoms with Crippen molar-refractivity contribution in [3.05, 3.63) is 23.8 Å². The van der Waals surface area contributed by atoms with E-state index in [1.165, 1.54) is 5.56 Å². The molecule has 1 aromatic rings. The van der Waals surface area contributed by atoms with E-state index < -0.39 is 0 Å². The average Bonchev–Trinajstić information content (AvgIpc) is 2.33. The van der Waals surface area contributed by atoms with Gasteiger partial charge in [-0.2, -0.15) is 0 Å². The molecule has 3 nitrogen and oxygen atoms in total. The Labute approximate surface area is 110 Å². The number of nitrogens with two attached hydrogens (primary N) is 1. The third-order valence-corrected chi connectivity index (χ3v) is 2.77. The largest absolute Gasteiger partial charge is 0.490 e. The molecule has 1 atom stereocenters. The van der Waals surface area contributed by atoms with Gasteiger partial charge in [0.1, 0.15) is 0 Å². The highest BCUT2D eigenvalue weighted by Crippen LogP contribution is 2.29. The third kappa shape index (κ3) is 4.57. The van der Waals surface area contributed by atoms with Crippen LogP contribution < -0.4 is 15.2 Å². The molecule has 0 bridgehead atoms. The average molecular weight is 251 g/mol. The van der Waals surface area contributed by atoms with E-state index in [0.29, 0.717) is 13.2 Å². The number of hydrogen-bond donors (Lipinski definition) is 1. The van der Waals surface area contributed by atoms with Crippen molar-refractivity contribution in [1.29, 1.82) is 0 Å². The van der Waals surface area contributed by atoms with Gasteiger partial charge in [0.2, 0.25) is 0 Å². The van der Waals surface area contributed by atoms with E-state index in [2.05, 4.69) is 13.0 Å². The summed E-state index contributed by atoms with van der Waals surface area (Å²) >= 11 is 0. The molecular formula is C15H25NO2. The van der Waals surface area contributed by atoms with Crippen molar-refractivity contribution in [1.82, 2.24) is 0 Å². The van der Waals surface area contributed by atoms with Gasteiger partial charge in [0, 0.05) is 6.04 Å². The Morgan fingerprint density at radius 1 is 1.06 bits per heavy atom. The van der Waals surface area contributed by atoms with E-state index in [1.807, 2.05) is 26.0 Å². The summed E-state index contributed by atoms with van der Waals surface area (Å²) < 4.78 is 11.1. The molecule has 0 fully saturated rings. The zero-order chi connectivity index (χ0) is 13.4. The van der Waals surface area contributed by atoms with E-state index in [0.717, 1.165) is 30.8 Å². The van der Waals surface area contributed by atoms with Crippen LogP contribution in [0.1, 0.15) is 39.2 Å². The molecule has 3 heteroatoms. The number of ether oxygens (including phenoxy) is 2. The van der Waals surface area contributed by atoms with Crippen molar-refractivity contribution >= 4 is 0 Å². The first kappa shape index (κ1) is 14.8. The van der Waals surface area contributed by atoms with Crippen molar-refractivity contribution in [2.24, 2.45) is 5.73 Å². The molecule has 0 aliphatic heterocycles. The Hall–Kier alpha value is -1.22. The molecule has 1 unspecified atom stereocenters. The van der Waals surface area contributed by atoms with Gasteiger partial charge in [-0.1, -0.05) is 19.4 Å². The van der Waals surface area contributed by atoms with Crippen LogP contribution in [0.2, 0.25) is 0 Å². The second-order valence-electron chi connectivity index (χ2n) is 4.40. The predicted molar refractivity (Wildman–Crippen MR) is 75.4 cm³/mol. The fraction of sp³-hybridized carbons (Fsp3) is 0.600. The zero-order valence-electron chi connectivity index (χ0n) is 11.7. The monoisotopic (exact) mass is 251 g/mol. The van der Waals surface area contributed by atoms with Crippen molar-refractivity contribution < 1.29 is 9.47 Å². The second-order valence-corrected chi connectivity index (χ2v) is 4.40. The van der Waals surface area contributed by atoms with Crippen LogP contribution in [0.5, 0.6) is 11.5 Å². The van der Waals surface area contributed by atoms with Crippen molar-refractivity contribution in [3.8, 4) is 11.5 Å². The standard InChI is InChI=1S/C15H25NO2/c1-4-7-13(16)10-12-8-9-14(17-5-2)15(11-12)18-6-3/h8-9,11,13H,4-7,10,16H2,1-3H3. The van der Waals surface area contributed by atoms with Crippen LogP contribution in [-0.4, -0.2) is 19.3 Å². The number of rotatable bonds is 8. The Morgan fingerprint density at radius 2 is 1.72 bits per heavy atom. The van der Waals surface area contributed by atoms with Crippen molar-refractivity contribution in [2.45, 2.75) is 46.1 Å². The third-order valence-electron chi connectivity index (χ3n) is 2.77. The van der Waals surface area contributed by atoms with E-state index in [1.54, 1.807) is 0 Å². The van der Waals surface area contributed by atoms with Crippen molar-refractivity contribution in [3.63, 3.8) is 0 Å². The molecule has 0 spiro atoms. The van der Waals surface area contributed by atoms with Crippen LogP contribution in [0.3, 0.4) is 0 Å². The minimum atomic E-state index is 0.224. The lowest BCUT2D eigenvalue weighted by Gasteiger charge is -2.14. The van der Waals surface area contributed by atoms with Gasteiger partial charge in [0.15, 0.2) is 11.5 Å². The fourth-order valence-electron chi connectivity index (χ4n) is 2.00. The lowest BCUT2D eigenvalue weighted by molar-refractivity contribution is 0.287. The smallest absolute Gasteiger partial charge is 0.161 e. The molecule has 1 aromatic carbocycles. The molecule has 0 radical (unpaired) electrons. The second kappa shape index (κ2) is 7.98. The van der Waals surface area contributed by atoms with Gasteiger partial charge in [0.05, 0.1) is 13.2 Å². The molecule has 1 rings (SSSR count). The number of hydrogen-bond acceptors (Lipinski definition) is 3. The highest BCUT2D eigenvalue weighted by Gasteiger charge is 2.08. The first-order chi connectivity index (χ1) is 8.71. The highest BCUT2D eigenvalue weighted by atomic mass is 16.5. The van der Waals surface area contributed by atoms with Crippen LogP contribution in [0, 0.1) is 0 Å². The topological polar surface area (TPSA) is 44.5 Å². The highest BCUT2D eigenvalue weighted by molar-refractivity contribution is 5.43. The fourth-order valence-corrected chi connectivity index (χ4v) is 2.00. The summed E-state index contributed by atoms with van der Waals surface area (Å²) in [5, 5.41) is 0. The first-order valence-corrected chi connectivity index (χ1v) is 6.85. The van der Waals surface area contributed by atoms with Gasteiger partial charge in [-0.25, -0.2) is 0 Å². The zero-order valence-corrected chi connectivity index (χ0v) is 11.7. The van der Waals surface area contributed by atoms with Crippen molar-refractivity contribution in [2.75, 3.05) is 13.2 Å². The molecule has 102 valence electrons. The van der Waals surface area contributed by atoms with E-state index in [4.69, 9.17) is 15.2 Å². The molecule has 0 amide bonds. The molecule has 0 heterocycles. The summed E-state index contributed by atoms with van der Waals surface area (Å²) in [6.45, 7) is 7.40. The van der Waals surface area contributed by atoms with Gasteiger partial charge < -0.3 is 15.2 Å². The normalized spacial score (nSPS) is 12.2. The number of benzene rings is 1. The molecule has 0 saturated heterocycles. The molecule has 18 heavy (non-hydrogen) atoms. The summed E-state index contributed by atoms with van der Waals surface area (Å²) in [7, 11) is 0. The van der Waals surface area contributed by atoms with E-state index >= 15 is 0 Å². The summed E-state index contributed by atoms with van der Waals surface area (Å²) in [6, 6.07) is 6.32. The van der Waals surface area contributed by atoms with Gasteiger partial charge in [-0.05, 0) is 44.4 Å². The summed E-state index contributed by atoms with van der Waals surface area (Å²) in [6.07, 6.45) is 3.06. The minimum Gasteiger partial charge on any atom is -0.490 e. The van der Waals surface area contributed by atoms with Crippen LogP contribution in [0.25, 0.3) is 0 Å². The minimum absolute atomic E-state index is 0.224. The Kier molecular flexibility index (Phi) is 6.58. The Balaban J connectivity index is 2.78. The van der Waals surface area contributed by atoms with E-state index in [9.17, 15) is 0 Å². The Bertz CT molecular complexity index is 352.